The molecule has 0 unspecified atom stereocenters. The first-order chi connectivity index (χ1) is 13.3. The highest BCUT2D eigenvalue weighted by Gasteiger charge is 2.15. The van der Waals surface area contributed by atoms with E-state index in [4.69, 9.17) is 0 Å². The van der Waals surface area contributed by atoms with Gasteiger partial charge >= 0.3 is 0 Å². The van der Waals surface area contributed by atoms with Crippen LogP contribution in [0.2, 0.25) is 0 Å². The third-order valence-electron chi connectivity index (χ3n) is 3.81. The lowest BCUT2D eigenvalue weighted by molar-refractivity contribution is 0.420. The van der Waals surface area contributed by atoms with Crippen molar-refractivity contribution in [1.82, 2.24) is 30.2 Å². The van der Waals surface area contributed by atoms with Crippen molar-refractivity contribution in [1.29, 1.82) is 5.26 Å². The highest BCUT2D eigenvalue weighted by atomic mass is 32.2. The molecule has 0 atom stereocenters. The maximum Gasteiger partial charge on any atom is 0.214 e. The third-order valence-corrected chi connectivity index (χ3v) is 4.74. The molecule has 2 heterocycles. The maximum atomic E-state index is 10.4. The summed E-state index contributed by atoms with van der Waals surface area (Å²) in [6.45, 7) is 0. The number of nitrogens with zero attached hydrogens (tertiary/aromatic N) is 6. The summed E-state index contributed by atoms with van der Waals surface area (Å²) in [5, 5.41) is 32.1. The lowest BCUT2D eigenvalue weighted by Gasteiger charge is -2.04. The number of para-hydroxylation sites is 3. The van der Waals surface area contributed by atoms with E-state index in [9.17, 15) is 10.4 Å². The lowest BCUT2D eigenvalue weighted by atomic mass is 10.2. The third kappa shape index (κ3) is 3.38. The number of benzene rings is 2. The number of hydrogen-bond donors (Lipinski definition) is 2. The van der Waals surface area contributed by atoms with Crippen LogP contribution in [0.3, 0.4) is 0 Å². The molecule has 27 heavy (non-hydrogen) atoms. The Morgan fingerprint density at radius 2 is 1.93 bits per heavy atom. The monoisotopic (exact) mass is 375 g/mol. The molecule has 2 aromatic carbocycles. The first-order valence-corrected chi connectivity index (χ1v) is 8.99. The summed E-state index contributed by atoms with van der Waals surface area (Å²) in [6.07, 6.45) is 0. The fourth-order valence-electron chi connectivity index (χ4n) is 2.53. The van der Waals surface area contributed by atoms with Crippen LogP contribution in [0.1, 0.15) is 5.82 Å². The molecule has 0 aliphatic heterocycles. The molecule has 0 bridgehead atoms. The number of aromatic nitrogens is 6. The van der Waals surface area contributed by atoms with Gasteiger partial charge in [-0.15, -0.1) is 5.10 Å². The second kappa shape index (κ2) is 7.31. The van der Waals surface area contributed by atoms with Crippen LogP contribution in [-0.2, 0) is 0 Å². The van der Waals surface area contributed by atoms with Crippen molar-refractivity contribution in [3.8, 4) is 11.8 Å². The van der Waals surface area contributed by atoms with Crippen LogP contribution in [0.25, 0.3) is 22.3 Å². The number of rotatable bonds is 5. The van der Waals surface area contributed by atoms with Gasteiger partial charge in [0.2, 0.25) is 5.16 Å². The SMILES string of the molecule is N#CC(=C(O)CSc1nnnn1-c1ccccc1)c1nc2ccccc2[nH]1. The number of aliphatic hydroxyl groups excluding tert-OH is 1. The van der Waals surface area contributed by atoms with E-state index in [1.807, 2.05) is 60.7 Å². The van der Waals surface area contributed by atoms with Crippen molar-refractivity contribution in [3.05, 3.63) is 66.2 Å². The van der Waals surface area contributed by atoms with Gasteiger partial charge in [0.25, 0.3) is 0 Å². The molecule has 0 saturated heterocycles. The van der Waals surface area contributed by atoms with E-state index in [0.717, 1.165) is 16.7 Å². The minimum absolute atomic E-state index is 0.0934. The van der Waals surface area contributed by atoms with Crippen molar-refractivity contribution in [2.45, 2.75) is 5.16 Å². The molecule has 0 fully saturated rings. The number of fused-ring (bicyclic) bond motifs is 1. The molecule has 0 amide bonds. The normalized spacial score (nSPS) is 12.0. The molecule has 8 nitrogen and oxygen atoms in total. The topological polar surface area (TPSA) is 116 Å². The Kier molecular flexibility index (Phi) is 4.55. The van der Waals surface area contributed by atoms with Crippen LogP contribution in [-0.4, -0.2) is 41.0 Å². The fourth-order valence-corrected chi connectivity index (χ4v) is 3.30. The van der Waals surface area contributed by atoms with Crippen molar-refractivity contribution in [2.75, 3.05) is 5.75 Å². The van der Waals surface area contributed by atoms with E-state index in [-0.39, 0.29) is 17.1 Å². The number of allylic oxidation sites excluding steroid dienone is 1. The number of tetrazole rings is 1. The van der Waals surface area contributed by atoms with E-state index < -0.39 is 0 Å². The summed E-state index contributed by atoms with van der Waals surface area (Å²) in [6, 6.07) is 18.9. The summed E-state index contributed by atoms with van der Waals surface area (Å²) >= 11 is 1.23. The van der Waals surface area contributed by atoms with E-state index in [0.29, 0.717) is 11.0 Å². The molecule has 0 saturated carbocycles. The van der Waals surface area contributed by atoms with Crippen LogP contribution in [0, 0.1) is 11.3 Å². The van der Waals surface area contributed by atoms with Crippen molar-refractivity contribution in [2.24, 2.45) is 0 Å². The fraction of sp³-hybridized carbons (Fsp3) is 0.0556. The molecule has 0 radical (unpaired) electrons. The Labute approximate surface area is 158 Å². The molecule has 0 aliphatic rings. The second-order valence-electron chi connectivity index (χ2n) is 5.53. The highest BCUT2D eigenvalue weighted by Crippen LogP contribution is 2.24. The zero-order chi connectivity index (χ0) is 18.6. The lowest BCUT2D eigenvalue weighted by Crippen LogP contribution is -2.00. The molecule has 9 heteroatoms. The zero-order valence-electron chi connectivity index (χ0n) is 13.9. The number of nitriles is 1. The van der Waals surface area contributed by atoms with Gasteiger partial charge in [-0.1, -0.05) is 42.1 Å². The number of thioether (sulfide) groups is 1. The quantitative estimate of drug-likeness (QED) is 0.313. The average molecular weight is 375 g/mol. The number of aliphatic hydroxyl groups is 1. The van der Waals surface area contributed by atoms with Gasteiger partial charge in [0, 0.05) is 0 Å². The molecular formula is C18H13N7OS. The Morgan fingerprint density at radius 1 is 1.15 bits per heavy atom. The summed E-state index contributed by atoms with van der Waals surface area (Å²) < 4.78 is 1.57. The second-order valence-corrected chi connectivity index (χ2v) is 6.48. The van der Waals surface area contributed by atoms with Crippen LogP contribution in [0.4, 0.5) is 0 Å². The van der Waals surface area contributed by atoms with Crippen molar-refractivity contribution >= 4 is 28.4 Å². The number of H-pyrrole nitrogens is 1. The standard InChI is InChI=1S/C18H13N7OS/c19-10-13(17-20-14-8-4-5-9-15(14)21-17)16(26)11-27-18-22-23-24-25(18)12-6-2-1-3-7-12/h1-9,26H,11H2,(H,20,21). The number of nitrogens with one attached hydrogen (secondary N) is 1. The van der Waals surface area contributed by atoms with Gasteiger partial charge in [0.05, 0.1) is 22.5 Å². The minimum atomic E-state index is -0.0934. The average Bonchev–Trinajstić information content (AvgIpc) is 3.34. The minimum Gasteiger partial charge on any atom is -0.510 e. The smallest absolute Gasteiger partial charge is 0.214 e. The number of aromatic amines is 1. The summed E-state index contributed by atoms with van der Waals surface area (Å²) in [4.78, 5) is 7.42. The van der Waals surface area contributed by atoms with E-state index >= 15 is 0 Å². The first-order valence-electron chi connectivity index (χ1n) is 8.00. The van der Waals surface area contributed by atoms with Crippen LogP contribution in [0.15, 0.2) is 65.5 Å². The van der Waals surface area contributed by atoms with Crippen LogP contribution < -0.4 is 0 Å². The number of hydrogen-bond acceptors (Lipinski definition) is 7. The zero-order valence-corrected chi connectivity index (χ0v) is 14.8. The van der Waals surface area contributed by atoms with Crippen LogP contribution >= 0.6 is 11.8 Å². The molecule has 0 spiro atoms. The van der Waals surface area contributed by atoms with Crippen LogP contribution in [0.5, 0.6) is 0 Å². The van der Waals surface area contributed by atoms with Gasteiger partial charge in [0.1, 0.15) is 17.4 Å². The summed E-state index contributed by atoms with van der Waals surface area (Å²) in [5.41, 5.74) is 2.44. The maximum absolute atomic E-state index is 10.4. The van der Waals surface area contributed by atoms with E-state index in [2.05, 4.69) is 25.5 Å². The Morgan fingerprint density at radius 3 is 2.70 bits per heavy atom. The first kappa shape index (κ1) is 16.8. The highest BCUT2D eigenvalue weighted by molar-refractivity contribution is 7.99. The van der Waals surface area contributed by atoms with Gasteiger partial charge in [-0.05, 0) is 34.7 Å². The summed E-state index contributed by atoms with van der Waals surface area (Å²) in [5.74, 6) is 0.372. The Balaban J connectivity index is 1.59. The Hall–Kier alpha value is -3.64. The molecule has 0 aliphatic carbocycles. The summed E-state index contributed by atoms with van der Waals surface area (Å²) in [7, 11) is 0. The molecule has 2 aromatic heterocycles. The Bertz CT molecular complexity index is 1120. The van der Waals surface area contributed by atoms with Gasteiger partial charge in [0.15, 0.2) is 5.82 Å². The van der Waals surface area contributed by atoms with Gasteiger partial charge in [-0.2, -0.15) is 9.94 Å². The van der Waals surface area contributed by atoms with Gasteiger partial charge in [-0.25, -0.2) is 4.98 Å². The molecule has 132 valence electrons. The largest absolute Gasteiger partial charge is 0.510 e. The van der Waals surface area contributed by atoms with Gasteiger partial charge in [-0.3, -0.25) is 0 Å². The predicted octanol–water partition coefficient (Wildman–Crippen LogP) is 3.12. The van der Waals surface area contributed by atoms with Crippen molar-refractivity contribution < 1.29 is 5.11 Å². The molecule has 4 aromatic rings. The number of imidazole rings is 1. The molecular weight excluding hydrogens is 362 g/mol. The predicted molar refractivity (Wildman–Crippen MR) is 101 cm³/mol. The molecule has 2 N–H and O–H groups in total. The van der Waals surface area contributed by atoms with E-state index in [1.54, 1.807) is 4.68 Å². The van der Waals surface area contributed by atoms with Gasteiger partial charge < -0.3 is 10.1 Å². The molecule has 4 rings (SSSR count). The van der Waals surface area contributed by atoms with E-state index in [1.165, 1.54) is 11.8 Å². The van der Waals surface area contributed by atoms with Crippen molar-refractivity contribution in [3.63, 3.8) is 0 Å².